The highest BCUT2D eigenvalue weighted by molar-refractivity contribution is 5.94. The first-order valence-electron chi connectivity index (χ1n) is 8.72. The van der Waals surface area contributed by atoms with Crippen molar-refractivity contribution in [2.24, 2.45) is 0 Å². The molecule has 0 radical (unpaired) electrons. The van der Waals surface area contributed by atoms with Gasteiger partial charge in [-0.3, -0.25) is 9.59 Å². The topological polar surface area (TPSA) is 58.6 Å². The van der Waals surface area contributed by atoms with E-state index in [-0.39, 0.29) is 19.7 Å². The molecular weight excluding hydrogens is 373 g/mol. The lowest BCUT2D eigenvalue weighted by atomic mass is 10.2. The molecule has 2 amide bonds. The fraction of sp³-hybridized carbons (Fsp3) is 0.300. The Morgan fingerprint density at radius 3 is 2.36 bits per heavy atom. The molecule has 0 heterocycles. The van der Waals surface area contributed by atoms with Crippen molar-refractivity contribution >= 4 is 17.5 Å². The van der Waals surface area contributed by atoms with Gasteiger partial charge < -0.3 is 15.0 Å². The SMILES string of the molecule is CCCN(CC(=O)Nc1ccc(F)c(F)c1F)C(=O)COc1ccc(C)cc1. The van der Waals surface area contributed by atoms with Gasteiger partial charge in [0, 0.05) is 6.54 Å². The molecule has 0 aliphatic heterocycles. The summed E-state index contributed by atoms with van der Waals surface area (Å²) in [5, 5.41) is 2.15. The van der Waals surface area contributed by atoms with Crippen molar-refractivity contribution in [2.75, 3.05) is 25.0 Å². The highest BCUT2D eigenvalue weighted by atomic mass is 19.2. The van der Waals surface area contributed by atoms with E-state index in [0.29, 0.717) is 18.2 Å². The Labute approximate surface area is 161 Å². The molecule has 2 aromatic rings. The minimum atomic E-state index is -1.68. The smallest absolute Gasteiger partial charge is 0.260 e. The normalized spacial score (nSPS) is 10.5. The summed E-state index contributed by atoms with van der Waals surface area (Å²) in [6.45, 7) is 3.39. The molecule has 0 aliphatic rings. The summed E-state index contributed by atoms with van der Waals surface area (Å²) in [7, 11) is 0. The van der Waals surface area contributed by atoms with Gasteiger partial charge in [0.2, 0.25) is 5.91 Å². The Kier molecular flexibility index (Phi) is 7.43. The van der Waals surface area contributed by atoms with Gasteiger partial charge in [-0.15, -0.1) is 0 Å². The zero-order valence-electron chi connectivity index (χ0n) is 15.6. The summed E-state index contributed by atoms with van der Waals surface area (Å²) in [5.41, 5.74) is 0.552. The fourth-order valence-electron chi connectivity index (χ4n) is 2.42. The van der Waals surface area contributed by atoms with Crippen LogP contribution >= 0.6 is 0 Å². The van der Waals surface area contributed by atoms with Crippen LogP contribution in [0.5, 0.6) is 5.75 Å². The molecule has 2 aromatic carbocycles. The van der Waals surface area contributed by atoms with Crippen molar-refractivity contribution in [3.8, 4) is 5.75 Å². The first-order valence-corrected chi connectivity index (χ1v) is 8.72. The van der Waals surface area contributed by atoms with E-state index < -0.39 is 35.0 Å². The standard InChI is InChI=1S/C20H21F3N2O3/c1-3-10-25(18(27)12-28-14-6-4-13(2)5-7-14)11-17(26)24-16-9-8-15(21)19(22)20(16)23/h4-9H,3,10-12H2,1-2H3,(H,24,26). The number of hydrogen-bond donors (Lipinski definition) is 1. The number of ether oxygens (including phenoxy) is 1. The maximum absolute atomic E-state index is 13.7. The zero-order valence-corrected chi connectivity index (χ0v) is 15.6. The first kappa shape index (κ1) is 21.3. The monoisotopic (exact) mass is 394 g/mol. The Bertz CT molecular complexity index is 841. The van der Waals surface area contributed by atoms with Gasteiger partial charge >= 0.3 is 0 Å². The second-order valence-corrected chi connectivity index (χ2v) is 6.19. The van der Waals surface area contributed by atoms with E-state index in [1.54, 1.807) is 12.1 Å². The molecule has 0 atom stereocenters. The number of benzene rings is 2. The molecule has 150 valence electrons. The van der Waals surface area contributed by atoms with E-state index in [2.05, 4.69) is 5.32 Å². The predicted molar refractivity (Wildman–Crippen MR) is 98.5 cm³/mol. The number of nitrogens with one attached hydrogen (secondary N) is 1. The third-order valence-corrected chi connectivity index (χ3v) is 3.87. The van der Waals surface area contributed by atoms with Crippen molar-refractivity contribution in [3.05, 3.63) is 59.4 Å². The number of aryl methyl sites for hydroxylation is 1. The van der Waals surface area contributed by atoms with Crippen LogP contribution in [0.2, 0.25) is 0 Å². The average Bonchev–Trinajstić information content (AvgIpc) is 2.67. The lowest BCUT2D eigenvalue weighted by Crippen LogP contribution is -2.41. The number of anilines is 1. The van der Waals surface area contributed by atoms with Crippen LogP contribution in [0.3, 0.4) is 0 Å². The maximum atomic E-state index is 13.7. The van der Waals surface area contributed by atoms with Gasteiger partial charge in [0.1, 0.15) is 5.75 Å². The molecule has 2 rings (SSSR count). The van der Waals surface area contributed by atoms with Crippen molar-refractivity contribution in [1.82, 2.24) is 4.90 Å². The van der Waals surface area contributed by atoms with Gasteiger partial charge in [-0.2, -0.15) is 0 Å². The number of halogens is 3. The summed E-state index contributed by atoms with van der Waals surface area (Å²) < 4.78 is 45.3. The summed E-state index contributed by atoms with van der Waals surface area (Å²) in [4.78, 5) is 25.7. The van der Waals surface area contributed by atoms with Crippen molar-refractivity contribution in [2.45, 2.75) is 20.3 Å². The van der Waals surface area contributed by atoms with E-state index in [1.165, 1.54) is 4.90 Å². The molecule has 0 unspecified atom stereocenters. The minimum absolute atomic E-state index is 0.268. The van der Waals surface area contributed by atoms with Gasteiger partial charge in [0.05, 0.1) is 12.2 Å². The van der Waals surface area contributed by atoms with Crippen LogP contribution in [0.4, 0.5) is 18.9 Å². The van der Waals surface area contributed by atoms with Crippen LogP contribution in [-0.4, -0.2) is 36.4 Å². The van der Waals surface area contributed by atoms with Gasteiger partial charge in [-0.25, -0.2) is 13.2 Å². The first-order chi connectivity index (χ1) is 13.3. The Morgan fingerprint density at radius 1 is 1.04 bits per heavy atom. The number of amides is 2. The number of nitrogens with zero attached hydrogens (tertiary/aromatic N) is 1. The molecule has 0 aliphatic carbocycles. The van der Waals surface area contributed by atoms with E-state index in [1.807, 2.05) is 26.0 Å². The average molecular weight is 394 g/mol. The lowest BCUT2D eigenvalue weighted by Gasteiger charge is -2.22. The molecule has 28 heavy (non-hydrogen) atoms. The summed E-state index contributed by atoms with van der Waals surface area (Å²) in [6.07, 6.45) is 0.586. The molecule has 5 nitrogen and oxygen atoms in total. The van der Waals surface area contributed by atoms with E-state index in [4.69, 9.17) is 4.74 Å². The zero-order chi connectivity index (χ0) is 20.7. The predicted octanol–water partition coefficient (Wildman–Crippen LogP) is 3.67. The number of rotatable bonds is 8. The Balaban J connectivity index is 1.97. The Hall–Kier alpha value is -3.03. The van der Waals surface area contributed by atoms with Gasteiger partial charge in [-0.05, 0) is 37.6 Å². The van der Waals surface area contributed by atoms with E-state index >= 15 is 0 Å². The van der Waals surface area contributed by atoms with Crippen LogP contribution < -0.4 is 10.1 Å². The summed E-state index contributed by atoms with van der Waals surface area (Å²) in [6, 6.07) is 8.76. The van der Waals surface area contributed by atoms with E-state index in [0.717, 1.165) is 11.6 Å². The van der Waals surface area contributed by atoms with Crippen LogP contribution in [0.15, 0.2) is 36.4 Å². The molecule has 0 bridgehead atoms. The van der Waals surface area contributed by atoms with Gasteiger partial charge in [0.15, 0.2) is 24.1 Å². The third kappa shape index (κ3) is 5.73. The van der Waals surface area contributed by atoms with Crippen molar-refractivity contribution < 1.29 is 27.5 Å². The van der Waals surface area contributed by atoms with Crippen molar-refractivity contribution in [1.29, 1.82) is 0 Å². The molecule has 1 N–H and O–H groups in total. The molecular formula is C20H21F3N2O3. The minimum Gasteiger partial charge on any atom is -0.484 e. The summed E-state index contributed by atoms with van der Waals surface area (Å²) in [5.74, 6) is -5.17. The maximum Gasteiger partial charge on any atom is 0.260 e. The molecule has 0 aromatic heterocycles. The van der Waals surface area contributed by atoms with Crippen LogP contribution in [-0.2, 0) is 9.59 Å². The highest BCUT2D eigenvalue weighted by Crippen LogP contribution is 2.19. The molecule has 0 saturated heterocycles. The van der Waals surface area contributed by atoms with Crippen molar-refractivity contribution in [3.63, 3.8) is 0 Å². The quantitative estimate of drug-likeness (QED) is 0.695. The van der Waals surface area contributed by atoms with Crippen LogP contribution in [0, 0.1) is 24.4 Å². The molecule has 0 spiro atoms. The summed E-state index contributed by atoms with van der Waals surface area (Å²) >= 11 is 0. The van der Waals surface area contributed by atoms with Gasteiger partial charge in [-0.1, -0.05) is 24.6 Å². The highest BCUT2D eigenvalue weighted by Gasteiger charge is 2.20. The van der Waals surface area contributed by atoms with Crippen LogP contribution in [0.25, 0.3) is 0 Å². The molecule has 0 fully saturated rings. The number of hydrogen-bond acceptors (Lipinski definition) is 3. The second-order valence-electron chi connectivity index (χ2n) is 6.19. The molecule has 8 heteroatoms. The number of carbonyl (C=O) groups excluding carboxylic acids is 2. The third-order valence-electron chi connectivity index (χ3n) is 3.87. The lowest BCUT2D eigenvalue weighted by molar-refractivity contribution is -0.136. The fourth-order valence-corrected chi connectivity index (χ4v) is 2.42. The van der Waals surface area contributed by atoms with E-state index in [9.17, 15) is 22.8 Å². The molecule has 0 saturated carbocycles. The Morgan fingerprint density at radius 2 is 1.71 bits per heavy atom. The van der Waals surface area contributed by atoms with Crippen LogP contribution in [0.1, 0.15) is 18.9 Å². The largest absolute Gasteiger partial charge is 0.484 e. The van der Waals surface area contributed by atoms with Gasteiger partial charge in [0.25, 0.3) is 5.91 Å². The number of carbonyl (C=O) groups is 2. The second kappa shape index (κ2) is 9.77.